The molecule has 0 bridgehead atoms. The average Bonchev–Trinajstić information content (AvgIpc) is 2.68. The first-order valence-electron chi connectivity index (χ1n) is 8.90. The molecule has 0 aliphatic rings. The number of hydrogen-bond acceptors (Lipinski definition) is 5. The molecule has 7 heteroatoms. The van der Waals surface area contributed by atoms with Gasteiger partial charge in [-0.1, -0.05) is 41.0 Å². The molecule has 0 saturated carbocycles. The fraction of sp³-hybridized carbons (Fsp3) is 0.333. The van der Waals surface area contributed by atoms with Gasteiger partial charge in [0.05, 0.1) is 12.8 Å². The summed E-state index contributed by atoms with van der Waals surface area (Å²) >= 11 is 6.08. The van der Waals surface area contributed by atoms with Gasteiger partial charge in [-0.2, -0.15) is 5.48 Å². The van der Waals surface area contributed by atoms with E-state index in [0.29, 0.717) is 5.02 Å². The summed E-state index contributed by atoms with van der Waals surface area (Å²) in [5.74, 6) is -0.204. The lowest BCUT2D eigenvalue weighted by Gasteiger charge is -2.20. The number of nitrogens with zero attached hydrogens (tertiary/aromatic N) is 1. The minimum Gasteiger partial charge on any atom is -0.391 e. The molecule has 0 spiro atoms. The predicted molar refractivity (Wildman–Crippen MR) is 111 cm³/mol. The van der Waals surface area contributed by atoms with Crippen molar-refractivity contribution in [1.82, 2.24) is 10.8 Å². The number of likely N-dealkylation sites (N-methyl/N-ethyl adjacent to an activating group) is 1. The minimum absolute atomic E-state index is 0.204. The lowest BCUT2D eigenvalue weighted by molar-refractivity contribution is -0.126. The van der Waals surface area contributed by atoms with Crippen LogP contribution in [0.25, 0.3) is 0 Å². The van der Waals surface area contributed by atoms with E-state index in [4.69, 9.17) is 21.3 Å². The van der Waals surface area contributed by atoms with Gasteiger partial charge in [0.25, 0.3) is 0 Å². The molecule has 0 aliphatic heterocycles. The van der Waals surface area contributed by atoms with Crippen molar-refractivity contribution in [2.24, 2.45) is 5.16 Å². The van der Waals surface area contributed by atoms with E-state index in [1.807, 2.05) is 57.2 Å². The number of nitrogens with one attached hydrogen (secondary N) is 2. The summed E-state index contributed by atoms with van der Waals surface area (Å²) in [5, 5.41) is 7.59. The van der Waals surface area contributed by atoms with Crippen molar-refractivity contribution in [2.45, 2.75) is 33.4 Å². The predicted octanol–water partition coefficient (Wildman–Crippen LogP) is 3.84. The van der Waals surface area contributed by atoms with Crippen LogP contribution in [-0.4, -0.2) is 25.8 Å². The second-order valence-electron chi connectivity index (χ2n) is 6.43. The average molecular weight is 404 g/mol. The molecule has 0 fully saturated rings. The molecule has 2 rings (SSSR count). The van der Waals surface area contributed by atoms with Crippen LogP contribution < -0.4 is 10.8 Å². The highest BCUT2D eigenvalue weighted by molar-refractivity contribution is 6.31. The Balaban J connectivity index is 2.23. The van der Waals surface area contributed by atoms with Crippen molar-refractivity contribution in [2.75, 3.05) is 14.2 Å². The third-order valence-electron chi connectivity index (χ3n) is 4.49. The normalized spacial score (nSPS) is 12.6. The highest BCUT2D eigenvalue weighted by Gasteiger charge is 2.23. The minimum atomic E-state index is -0.655. The molecule has 6 nitrogen and oxygen atoms in total. The number of hydrogen-bond donors (Lipinski definition) is 2. The second-order valence-corrected chi connectivity index (χ2v) is 6.83. The van der Waals surface area contributed by atoms with Crippen LogP contribution in [0, 0.1) is 13.8 Å². The van der Waals surface area contributed by atoms with Crippen LogP contribution in [0.4, 0.5) is 0 Å². The van der Waals surface area contributed by atoms with Crippen LogP contribution in [0.15, 0.2) is 41.6 Å². The van der Waals surface area contributed by atoms with Gasteiger partial charge in [-0.25, -0.2) is 0 Å². The zero-order chi connectivity index (χ0) is 20.7. The number of halogens is 1. The van der Waals surface area contributed by atoms with E-state index >= 15 is 0 Å². The topological polar surface area (TPSA) is 72.0 Å². The van der Waals surface area contributed by atoms with E-state index in [0.717, 1.165) is 33.5 Å². The van der Waals surface area contributed by atoms with Crippen molar-refractivity contribution >= 4 is 23.2 Å². The van der Waals surface area contributed by atoms with Gasteiger partial charge in [0, 0.05) is 17.6 Å². The number of oxime groups is 1. The van der Waals surface area contributed by atoms with Crippen LogP contribution in [0.5, 0.6) is 0 Å². The first-order chi connectivity index (χ1) is 13.4. The summed E-state index contributed by atoms with van der Waals surface area (Å²) in [5.41, 5.74) is 8.06. The number of amides is 1. The van der Waals surface area contributed by atoms with Crippen LogP contribution in [0.2, 0.25) is 5.02 Å². The molecule has 2 N–H and O–H groups in total. The highest BCUT2D eigenvalue weighted by Crippen LogP contribution is 2.23. The standard InChI is InChI=1S/C21H26ClN3O3/c1-13-7-6-8-17(20(25-27-5)21(26)23-4)18(13)12-28-24-15(3)16-9-10-19(22)14(2)11-16/h6-11,20,25H,12H2,1-5H3,(H,23,26)/b24-15+. The van der Waals surface area contributed by atoms with Gasteiger partial charge in [-0.15, -0.1) is 0 Å². The highest BCUT2D eigenvalue weighted by atomic mass is 35.5. The Morgan fingerprint density at radius 1 is 1.21 bits per heavy atom. The van der Waals surface area contributed by atoms with E-state index in [9.17, 15) is 4.79 Å². The Bertz CT molecular complexity index is 868. The number of hydroxylamine groups is 1. The Kier molecular flexibility index (Phi) is 7.99. The zero-order valence-corrected chi connectivity index (χ0v) is 17.6. The molecule has 0 aromatic heterocycles. The maximum absolute atomic E-state index is 12.3. The zero-order valence-electron chi connectivity index (χ0n) is 16.8. The smallest absolute Gasteiger partial charge is 0.243 e. The Hall–Kier alpha value is -2.41. The van der Waals surface area contributed by atoms with Crippen molar-refractivity contribution in [1.29, 1.82) is 0 Å². The largest absolute Gasteiger partial charge is 0.391 e. The molecule has 2 aromatic carbocycles. The summed E-state index contributed by atoms with van der Waals surface area (Å²) in [4.78, 5) is 22.9. The molecular weight excluding hydrogens is 378 g/mol. The molecule has 1 unspecified atom stereocenters. The van der Waals surface area contributed by atoms with Gasteiger partial charge in [0.1, 0.15) is 12.6 Å². The Morgan fingerprint density at radius 2 is 1.96 bits per heavy atom. The lowest BCUT2D eigenvalue weighted by Crippen LogP contribution is -2.36. The third-order valence-corrected chi connectivity index (χ3v) is 4.91. The van der Waals surface area contributed by atoms with E-state index in [-0.39, 0.29) is 12.5 Å². The van der Waals surface area contributed by atoms with Crippen molar-refractivity contribution in [3.63, 3.8) is 0 Å². The van der Waals surface area contributed by atoms with Crippen molar-refractivity contribution < 1.29 is 14.5 Å². The maximum atomic E-state index is 12.3. The van der Waals surface area contributed by atoms with Crippen LogP contribution in [0.1, 0.15) is 40.8 Å². The molecule has 0 heterocycles. The van der Waals surface area contributed by atoms with Gasteiger partial charge in [0.15, 0.2) is 0 Å². The number of carbonyl (C=O) groups excluding carboxylic acids is 1. The molecule has 1 atom stereocenters. The Morgan fingerprint density at radius 3 is 2.61 bits per heavy atom. The molecule has 150 valence electrons. The van der Waals surface area contributed by atoms with Gasteiger partial charge >= 0.3 is 0 Å². The molecule has 0 radical (unpaired) electrons. The summed E-state index contributed by atoms with van der Waals surface area (Å²) in [6.45, 7) is 6.02. The van der Waals surface area contributed by atoms with Crippen LogP contribution in [-0.2, 0) is 21.1 Å². The molecule has 1 amide bonds. The number of rotatable bonds is 8. The molecule has 0 saturated heterocycles. The first kappa shape index (κ1) is 21.9. The molecular formula is C21H26ClN3O3. The van der Waals surface area contributed by atoms with Gasteiger partial charge in [-0.05, 0) is 55.2 Å². The second kappa shape index (κ2) is 10.2. The molecule has 2 aromatic rings. The SMILES string of the molecule is CNC(=O)C(NOC)c1cccc(C)c1CO/N=C(\C)c1ccc(Cl)c(C)c1. The fourth-order valence-corrected chi connectivity index (χ4v) is 2.95. The molecule has 28 heavy (non-hydrogen) atoms. The van der Waals surface area contributed by atoms with Crippen molar-refractivity contribution in [3.05, 3.63) is 69.2 Å². The number of benzene rings is 2. The molecule has 0 aliphatic carbocycles. The summed E-state index contributed by atoms with van der Waals surface area (Å²) in [6.07, 6.45) is 0. The summed E-state index contributed by atoms with van der Waals surface area (Å²) < 4.78 is 0. The van der Waals surface area contributed by atoms with Crippen LogP contribution in [0.3, 0.4) is 0 Å². The van der Waals surface area contributed by atoms with Gasteiger partial charge in [-0.3, -0.25) is 4.79 Å². The van der Waals surface area contributed by atoms with E-state index in [1.165, 1.54) is 7.11 Å². The van der Waals surface area contributed by atoms with Crippen LogP contribution >= 0.6 is 11.6 Å². The Labute approximate surface area is 170 Å². The summed E-state index contributed by atoms with van der Waals surface area (Å²) in [7, 11) is 3.06. The fourth-order valence-electron chi connectivity index (χ4n) is 2.83. The van der Waals surface area contributed by atoms with Gasteiger partial charge < -0.3 is 15.0 Å². The monoisotopic (exact) mass is 403 g/mol. The number of carbonyl (C=O) groups is 1. The maximum Gasteiger partial charge on any atom is 0.243 e. The lowest BCUT2D eigenvalue weighted by atomic mass is 9.96. The van der Waals surface area contributed by atoms with Gasteiger partial charge in [0.2, 0.25) is 5.91 Å². The van der Waals surface area contributed by atoms with E-state index in [2.05, 4.69) is 16.0 Å². The first-order valence-corrected chi connectivity index (χ1v) is 9.28. The third kappa shape index (κ3) is 5.32. The van der Waals surface area contributed by atoms with E-state index in [1.54, 1.807) is 7.05 Å². The van der Waals surface area contributed by atoms with Crippen molar-refractivity contribution in [3.8, 4) is 0 Å². The quantitative estimate of drug-likeness (QED) is 0.519. The number of aryl methyl sites for hydroxylation is 2. The van der Waals surface area contributed by atoms with E-state index < -0.39 is 6.04 Å². The summed E-state index contributed by atoms with van der Waals surface area (Å²) in [6, 6.07) is 10.8.